The third kappa shape index (κ3) is 4.98. The molecule has 2 atom stereocenters. The molecule has 1 saturated carbocycles. The largest absolute Gasteiger partial charge is 0.393 e. The van der Waals surface area contributed by atoms with E-state index >= 15 is 0 Å². The van der Waals surface area contributed by atoms with E-state index in [1.54, 1.807) is 0 Å². The third-order valence-corrected chi connectivity index (χ3v) is 3.63. The van der Waals surface area contributed by atoms with E-state index in [0.717, 1.165) is 18.9 Å². The molecule has 2 heteroatoms. The number of aliphatic hydroxyl groups excluding tert-OH is 1. The molecule has 1 fully saturated rings. The molecular formula is C13H27NO. The Labute approximate surface area is 94.5 Å². The molecule has 0 heterocycles. The van der Waals surface area contributed by atoms with Crippen molar-refractivity contribution in [2.24, 2.45) is 5.92 Å². The fraction of sp³-hybridized carbons (Fsp3) is 1.00. The average Bonchev–Trinajstić information content (AvgIpc) is 2.25. The van der Waals surface area contributed by atoms with Gasteiger partial charge in [0.2, 0.25) is 0 Å². The quantitative estimate of drug-likeness (QED) is 0.711. The molecule has 2 N–H and O–H groups in total. The van der Waals surface area contributed by atoms with Crippen LogP contribution in [0.4, 0.5) is 0 Å². The summed E-state index contributed by atoms with van der Waals surface area (Å²) in [5.74, 6) is 0.887. The van der Waals surface area contributed by atoms with Crippen molar-refractivity contribution in [1.29, 1.82) is 0 Å². The summed E-state index contributed by atoms with van der Waals surface area (Å²) in [6.07, 6.45) is 9.01. The second-order valence-electron chi connectivity index (χ2n) is 5.00. The zero-order valence-electron chi connectivity index (χ0n) is 10.3. The van der Waals surface area contributed by atoms with E-state index in [9.17, 15) is 5.11 Å². The van der Waals surface area contributed by atoms with Crippen LogP contribution in [-0.4, -0.2) is 23.8 Å². The summed E-state index contributed by atoms with van der Waals surface area (Å²) < 4.78 is 0. The summed E-state index contributed by atoms with van der Waals surface area (Å²) in [6, 6.07) is 0.684. The number of rotatable bonds is 6. The molecule has 0 radical (unpaired) electrons. The zero-order valence-corrected chi connectivity index (χ0v) is 10.3. The van der Waals surface area contributed by atoms with Crippen LogP contribution in [0, 0.1) is 5.92 Å². The van der Waals surface area contributed by atoms with Gasteiger partial charge in [-0.25, -0.2) is 0 Å². The molecule has 2 nitrogen and oxygen atoms in total. The van der Waals surface area contributed by atoms with Crippen molar-refractivity contribution >= 4 is 0 Å². The number of aliphatic hydroxyl groups is 1. The van der Waals surface area contributed by atoms with Gasteiger partial charge in [0.05, 0.1) is 6.10 Å². The van der Waals surface area contributed by atoms with Crippen molar-refractivity contribution in [2.75, 3.05) is 6.54 Å². The van der Waals surface area contributed by atoms with Crippen LogP contribution in [0.5, 0.6) is 0 Å². The van der Waals surface area contributed by atoms with E-state index in [-0.39, 0.29) is 6.10 Å². The fourth-order valence-electron chi connectivity index (χ4n) is 2.66. The van der Waals surface area contributed by atoms with Gasteiger partial charge in [0.15, 0.2) is 0 Å². The first-order valence-electron chi connectivity index (χ1n) is 6.65. The maximum Gasteiger partial charge on any atom is 0.0524 e. The van der Waals surface area contributed by atoms with Crippen LogP contribution in [0.25, 0.3) is 0 Å². The average molecular weight is 213 g/mol. The Hall–Kier alpha value is -0.0800. The normalized spacial score (nSPS) is 22.6. The Bertz CT molecular complexity index is 153. The van der Waals surface area contributed by atoms with Gasteiger partial charge < -0.3 is 10.4 Å². The maximum atomic E-state index is 9.21. The lowest BCUT2D eigenvalue weighted by Gasteiger charge is -2.30. The Morgan fingerprint density at radius 1 is 1.27 bits per heavy atom. The molecule has 15 heavy (non-hydrogen) atoms. The molecule has 0 saturated heterocycles. The van der Waals surface area contributed by atoms with Gasteiger partial charge in [0, 0.05) is 6.04 Å². The van der Waals surface area contributed by atoms with Gasteiger partial charge in [0.1, 0.15) is 0 Å². The van der Waals surface area contributed by atoms with E-state index in [4.69, 9.17) is 0 Å². The molecule has 1 rings (SSSR count). The molecule has 2 unspecified atom stereocenters. The van der Waals surface area contributed by atoms with Crippen molar-refractivity contribution in [3.63, 3.8) is 0 Å². The van der Waals surface area contributed by atoms with Crippen LogP contribution in [0.2, 0.25) is 0 Å². The van der Waals surface area contributed by atoms with Crippen LogP contribution in [0.15, 0.2) is 0 Å². The van der Waals surface area contributed by atoms with Gasteiger partial charge >= 0.3 is 0 Å². The number of hydrogen-bond donors (Lipinski definition) is 2. The summed E-state index contributed by atoms with van der Waals surface area (Å²) in [7, 11) is 0. The van der Waals surface area contributed by atoms with E-state index < -0.39 is 0 Å². The molecule has 1 aliphatic rings. The summed E-state index contributed by atoms with van der Waals surface area (Å²) in [4.78, 5) is 0. The predicted octanol–water partition coefficient (Wildman–Crippen LogP) is 2.71. The highest BCUT2D eigenvalue weighted by molar-refractivity contribution is 4.78. The SMILES string of the molecule is CCC(NCCC(C)O)C1CCCCC1. The van der Waals surface area contributed by atoms with Crippen LogP contribution < -0.4 is 5.32 Å². The molecule has 0 aliphatic heterocycles. The molecular weight excluding hydrogens is 186 g/mol. The molecule has 0 spiro atoms. The lowest BCUT2D eigenvalue weighted by molar-refractivity contribution is 0.177. The topological polar surface area (TPSA) is 32.3 Å². The van der Waals surface area contributed by atoms with Crippen LogP contribution in [0.3, 0.4) is 0 Å². The predicted molar refractivity (Wildman–Crippen MR) is 65.0 cm³/mol. The van der Waals surface area contributed by atoms with E-state index in [1.807, 2.05) is 6.92 Å². The van der Waals surface area contributed by atoms with Gasteiger partial charge in [-0.2, -0.15) is 0 Å². The summed E-state index contributed by atoms with van der Waals surface area (Å²) >= 11 is 0. The van der Waals surface area contributed by atoms with Gasteiger partial charge in [-0.1, -0.05) is 26.2 Å². The molecule has 0 aromatic rings. The highest BCUT2D eigenvalue weighted by Gasteiger charge is 2.21. The first-order chi connectivity index (χ1) is 7.24. The number of nitrogens with one attached hydrogen (secondary N) is 1. The van der Waals surface area contributed by atoms with Crippen LogP contribution in [-0.2, 0) is 0 Å². The third-order valence-electron chi connectivity index (χ3n) is 3.63. The lowest BCUT2D eigenvalue weighted by Crippen LogP contribution is -2.38. The second-order valence-corrected chi connectivity index (χ2v) is 5.00. The fourth-order valence-corrected chi connectivity index (χ4v) is 2.66. The zero-order chi connectivity index (χ0) is 11.1. The highest BCUT2D eigenvalue weighted by Crippen LogP contribution is 2.27. The van der Waals surface area contributed by atoms with Crippen LogP contribution in [0.1, 0.15) is 58.8 Å². The van der Waals surface area contributed by atoms with E-state index in [1.165, 1.54) is 38.5 Å². The van der Waals surface area contributed by atoms with Gasteiger partial charge in [0.25, 0.3) is 0 Å². The highest BCUT2D eigenvalue weighted by atomic mass is 16.3. The maximum absolute atomic E-state index is 9.21. The van der Waals surface area contributed by atoms with Gasteiger partial charge in [-0.05, 0) is 45.1 Å². The Morgan fingerprint density at radius 2 is 1.93 bits per heavy atom. The standard InChI is InChI=1S/C13H27NO/c1-3-13(14-10-9-11(2)15)12-7-5-4-6-8-12/h11-15H,3-10H2,1-2H3. The minimum absolute atomic E-state index is 0.165. The molecule has 0 aromatic heterocycles. The van der Waals surface area contributed by atoms with Crippen molar-refractivity contribution in [2.45, 2.75) is 70.9 Å². The molecule has 0 amide bonds. The minimum atomic E-state index is -0.165. The van der Waals surface area contributed by atoms with Crippen LogP contribution >= 0.6 is 0 Å². The van der Waals surface area contributed by atoms with Crippen molar-refractivity contribution in [1.82, 2.24) is 5.32 Å². The van der Waals surface area contributed by atoms with Crippen molar-refractivity contribution in [3.05, 3.63) is 0 Å². The monoisotopic (exact) mass is 213 g/mol. The number of hydrogen-bond acceptors (Lipinski definition) is 2. The first kappa shape index (κ1) is 13.0. The summed E-state index contributed by atoms with van der Waals surface area (Å²) in [5, 5.41) is 12.8. The smallest absolute Gasteiger partial charge is 0.0524 e. The van der Waals surface area contributed by atoms with Crippen molar-refractivity contribution < 1.29 is 5.11 Å². The second kappa shape index (κ2) is 7.24. The molecule has 0 bridgehead atoms. The lowest BCUT2D eigenvalue weighted by atomic mass is 9.83. The Balaban J connectivity index is 2.21. The Morgan fingerprint density at radius 3 is 2.47 bits per heavy atom. The Kier molecular flexibility index (Phi) is 6.26. The minimum Gasteiger partial charge on any atom is -0.393 e. The molecule has 0 aromatic carbocycles. The first-order valence-corrected chi connectivity index (χ1v) is 6.65. The molecule has 1 aliphatic carbocycles. The van der Waals surface area contributed by atoms with Gasteiger partial charge in [-0.3, -0.25) is 0 Å². The summed E-state index contributed by atoms with van der Waals surface area (Å²) in [5.41, 5.74) is 0. The van der Waals surface area contributed by atoms with Crippen molar-refractivity contribution in [3.8, 4) is 0 Å². The summed E-state index contributed by atoms with van der Waals surface area (Å²) in [6.45, 7) is 5.10. The van der Waals surface area contributed by atoms with Gasteiger partial charge in [-0.15, -0.1) is 0 Å². The molecule has 90 valence electrons. The van der Waals surface area contributed by atoms with E-state index in [0.29, 0.717) is 6.04 Å². The van der Waals surface area contributed by atoms with E-state index in [2.05, 4.69) is 12.2 Å².